The van der Waals surface area contributed by atoms with Crippen molar-refractivity contribution in [2.45, 2.75) is 19.9 Å². The van der Waals surface area contributed by atoms with Crippen LogP contribution in [0.1, 0.15) is 18.9 Å². The van der Waals surface area contributed by atoms with Crippen LogP contribution >= 0.6 is 0 Å². The van der Waals surface area contributed by atoms with Crippen LogP contribution in [0.15, 0.2) is 24.5 Å². The summed E-state index contributed by atoms with van der Waals surface area (Å²) in [6.07, 6.45) is 4.50. The molecule has 4 heteroatoms. The Morgan fingerprint density at radius 3 is 2.88 bits per heavy atom. The van der Waals surface area contributed by atoms with Crippen molar-refractivity contribution in [1.82, 2.24) is 15.2 Å². The lowest BCUT2D eigenvalue weighted by molar-refractivity contribution is -0.135. The molecule has 1 saturated heterocycles. The number of aromatic nitrogens is 1. The van der Waals surface area contributed by atoms with Crippen LogP contribution in [0, 0.1) is 5.92 Å². The zero-order chi connectivity index (χ0) is 12.1. The summed E-state index contributed by atoms with van der Waals surface area (Å²) >= 11 is 0. The van der Waals surface area contributed by atoms with Crippen LogP contribution in [0.25, 0.3) is 0 Å². The number of carbonyl (C=O) groups excluding carboxylic acids is 1. The maximum absolute atomic E-state index is 12.3. The van der Waals surface area contributed by atoms with E-state index in [0.29, 0.717) is 6.54 Å². The van der Waals surface area contributed by atoms with E-state index < -0.39 is 0 Å². The van der Waals surface area contributed by atoms with Gasteiger partial charge in [0.25, 0.3) is 0 Å². The number of hydrogen-bond acceptors (Lipinski definition) is 3. The van der Waals surface area contributed by atoms with E-state index in [4.69, 9.17) is 0 Å². The maximum Gasteiger partial charge on any atom is 0.227 e. The van der Waals surface area contributed by atoms with Crippen molar-refractivity contribution in [2.24, 2.45) is 5.92 Å². The fourth-order valence-electron chi connectivity index (χ4n) is 2.18. The second-order valence-electron chi connectivity index (χ2n) is 4.40. The lowest BCUT2D eigenvalue weighted by Gasteiger charge is -2.23. The van der Waals surface area contributed by atoms with Crippen LogP contribution in [0.4, 0.5) is 0 Å². The number of nitrogens with zero attached hydrogens (tertiary/aromatic N) is 2. The number of amides is 1. The molecule has 1 fully saturated rings. The first kappa shape index (κ1) is 12.0. The standard InChI is InChI=1S/C13H19N3O/c1-2-16(10-11-3-6-14-7-4-11)13(17)12-5-8-15-9-12/h3-4,6-7,12,15H,2,5,8-10H2,1H3. The highest BCUT2D eigenvalue weighted by Gasteiger charge is 2.26. The highest BCUT2D eigenvalue weighted by molar-refractivity contribution is 5.79. The third-order valence-electron chi connectivity index (χ3n) is 3.23. The van der Waals surface area contributed by atoms with E-state index in [0.717, 1.165) is 31.6 Å². The second kappa shape index (κ2) is 5.77. The lowest BCUT2D eigenvalue weighted by atomic mass is 10.1. The molecule has 1 N–H and O–H groups in total. The quantitative estimate of drug-likeness (QED) is 0.845. The molecule has 1 atom stereocenters. The van der Waals surface area contributed by atoms with Crippen LogP contribution in [0.2, 0.25) is 0 Å². The fourth-order valence-corrected chi connectivity index (χ4v) is 2.18. The topological polar surface area (TPSA) is 45.2 Å². The zero-order valence-electron chi connectivity index (χ0n) is 10.2. The van der Waals surface area contributed by atoms with Gasteiger partial charge in [-0.25, -0.2) is 0 Å². The number of hydrogen-bond donors (Lipinski definition) is 1. The molecule has 1 aliphatic heterocycles. The van der Waals surface area contributed by atoms with Crippen LogP contribution in [-0.2, 0) is 11.3 Å². The van der Waals surface area contributed by atoms with E-state index in [2.05, 4.69) is 10.3 Å². The second-order valence-corrected chi connectivity index (χ2v) is 4.40. The van der Waals surface area contributed by atoms with E-state index in [9.17, 15) is 4.79 Å². The van der Waals surface area contributed by atoms with Gasteiger partial charge in [-0.2, -0.15) is 0 Å². The molecule has 2 heterocycles. The third kappa shape index (κ3) is 3.03. The van der Waals surface area contributed by atoms with Gasteiger partial charge < -0.3 is 10.2 Å². The summed E-state index contributed by atoms with van der Waals surface area (Å²) in [5.41, 5.74) is 1.14. The largest absolute Gasteiger partial charge is 0.338 e. The van der Waals surface area contributed by atoms with E-state index in [1.165, 1.54) is 0 Å². The number of carbonyl (C=O) groups is 1. The molecule has 0 aromatic carbocycles. The Kier molecular flexibility index (Phi) is 4.09. The molecule has 0 bridgehead atoms. The van der Waals surface area contributed by atoms with Gasteiger partial charge in [-0.1, -0.05) is 0 Å². The van der Waals surface area contributed by atoms with Crippen molar-refractivity contribution in [1.29, 1.82) is 0 Å². The molecule has 92 valence electrons. The first-order valence-corrected chi connectivity index (χ1v) is 6.19. The smallest absolute Gasteiger partial charge is 0.227 e. The van der Waals surface area contributed by atoms with Gasteiger partial charge in [0.05, 0.1) is 5.92 Å². The van der Waals surface area contributed by atoms with Crippen molar-refractivity contribution >= 4 is 5.91 Å². The Morgan fingerprint density at radius 1 is 1.53 bits per heavy atom. The molecule has 0 aliphatic carbocycles. The van der Waals surface area contributed by atoms with Crippen LogP contribution in [0.5, 0.6) is 0 Å². The predicted octanol–water partition coefficient (Wildman–Crippen LogP) is 1.04. The molecule has 4 nitrogen and oxygen atoms in total. The van der Waals surface area contributed by atoms with Crippen molar-refractivity contribution < 1.29 is 4.79 Å². The van der Waals surface area contributed by atoms with Crippen molar-refractivity contribution in [2.75, 3.05) is 19.6 Å². The summed E-state index contributed by atoms with van der Waals surface area (Å²) in [6, 6.07) is 3.92. The Balaban J connectivity index is 1.98. The number of pyridine rings is 1. The van der Waals surface area contributed by atoms with Gasteiger partial charge in [-0.15, -0.1) is 0 Å². The maximum atomic E-state index is 12.3. The lowest BCUT2D eigenvalue weighted by Crippen LogP contribution is -2.36. The van der Waals surface area contributed by atoms with Crippen molar-refractivity contribution in [3.05, 3.63) is 30.1 Å². The molecule has 1 amide bonds. The Labute approximate surface area is 102 Å². The molecule has 1 aromatic heterocycles. The van der Waals surface area contributed by atoms with Gasteiger partial charge in [0.1, 0.15) is 0 Å². The van der Waals surface area contributed by atoms with Gasteiger partial charge in [-0.05, 0) is 37.6 Å². The molecular formula is C13H19N3O. The summed E-state index contributed by atoms with van der Waals surface area (Å²) in [5, 5.41) is 3.24. The summed E-state index contributed by atoms with van der Waals surface area (Å²) in [6.45, 7) is 5.27. The highest BCUT2D eigenvalue weighted by Crippen LogP contribution is 2.13. The molecule has 17 heavy (non-hydrogen) atoms. The van der Waals surface area contributed by atoms with Gasteiger partial charge in [-0.3, -0.25) is 9.78 Å². The summed E-state index contributed by atoms with van der Waals surface area (Å²) in [5.74, 6) is 0.436. The highest BCUT2D eigenvalue weighted by atomic mass is 16.2. The van der Waals surface area contributed by atoms with Crippen molar-refractivity contribution in [3.8, 4) is 0 Å². The van der Waals surface area contributed by atoms with Crippen LogP contribution in [0.3, 0.4) is 0 Å². The van der Waals surface area contributed by atoms with Crippen molar-refractivity contribution in [3.63, 3.8) is 0 Å². The molecule has 1 aliphatic rings. The molecule has 1 unspecified atom stereocenters. The summed E-state index contributed by atoms with van der Waals surface area (Å²) in [4.78, 5) is 18.2. The van der Waals surface area contributed by atoms with Gasteiger partial charge >= 0.3 is 0 Å². The minimum absolute atomic E-state index is 0.164. The molecular weight excluding hydrogens is 214 g/mol. The minimum Gasteiger partial charge on any atom is -0.338 e. The summed E-state index contributed by atoms with van der Waals surface area (Å²) in [7, 11) is 0. The van der Waals surface area contributed by atoms with Gasteiger partial charge in [0.15, 0.2) is 0 Å². The van der Waals surface area contributed by atoms with E-state index in [-0.39, 0.29) is 11.8 Å². The molecule has 2 rings (SSSR count). The van der Waals surface area contributed by atoms with Gasteiger partial charge in [0, 0.05) is 32.0 Å². The third-order valence-corrected chi connectivity index (χ3v) is 3.23. The Hall–Kier alpha value is -1.42. The average Bonchev–Trinajstić information content (AvgIpc) is 2.90. The first-order chi connectivity index (χ1) is 8.31. The molecule has 0 saturated carbocycles. The molecule has 1 aromatic rings. The Bertz CT molecular complexity index is 360. The van der Waals surface area contributed by atoms with Crippen LogP contribution < -0.4 is 5.32 Å². The molecule has 0 spiro atoms. The number of nitrogens with one attached hydrogen (secondary N) is 1. The SMILES string of the molecule is CCN(Cc1ccncc1)C(=O)C1CCNC1. The normalized spacial score (nSPS) is 19.2. The first-order valence-electron chi connectivity index (χ1n) is 6.19. The van der Waals surface area contributed by atoms with Gasteiger partial charge in [0.2, 0.25) is 5.91 Å². The summed E-state index contributed by atoms with van der Waals surface area (Å²) < 4.78 is 0. The van der Waals surface area contributed by atoms with E-state index in [1.54, 1.807) is 12.4 Å². The zero-order valence-corrected chi connectivity index (χ0v) is 10.2. The average molecular weight is 233 g/mol. The fraction of sp³-hybridized carbons (Fsp3) is 0.538. The minimum atomic E-state index is 0.164. The predicted molar refractivity (Wildman–Crippen MR) is 66.3 cm³/mol. The van der Waals surface area contributed by atoms with Crippen LogP contribution in [-0.4, -0.2) is 35.4 Å². The van der Waals surface area contributed by atoms with E-state index >= 15 is 0 Å². The number of rotatable bonds is 4. The van der Waals surface area contributed by atoms with E-state index in [1.807, 2.05) is 24.0 Å². The molecule has 0 radical (unpaired) electrons. The monoisotopic (exact) mass is 233 g/mol. The Morgan fingerprint density at radius 2 is 2.29 bits per heavy atom.